The third-order valence-electron chi connectivity index (χ3n) is 3.98. The van der Waals surface area contributed by atoms with Gasteiger partial charge in [0.1, 0.15) is 0 Å². The maximum Gasteiger partial charge on any atom is 0.264 e. The second-order valence-electron chi connectivity index (χ2n) is 5.93. The lowest BCUT2D eigenvalue weighted by molar-refractivity contribution is 0.0948. The average molecular weight is 376 g/mol. The highest BCUT2D eigenvalue weighted by Gasteiger charge is 2.21. The Morgan fingerprint density at radius 2 is 1.69 bits per heavy atom. The van der Waals surface area contributed by atoms with Crippen molar-refractivity contribution < 1.29 is 17.9 Å². The van der Waals surface area contributed by atoms with Gasteiger partial charge in [0, 0.05) is 32.9 Å². The van der Waals surface area contributed by atoms with Crippen molar-refractivity contribution in [3.05, 3.63) is 59.7 Å². The van der Waals surface area contributed by atoms with Crippen LogP contribution in [0.2, 0.25) is 0 Å². The predicted octanol–water partition coefficient (Wildman–Crippen LogP) is 2.59. The number of amides is 1. The van der Waals surface area contributed by atoms with Crippen molar-refractivity contribution in [2.45, 2.75) is 18.2 Å². The van der Waals surface area contributed by atoms with Gasteiger partial charge in [0.25, 0.3) is 15.9 Å². The van der Waals surface area contributed by atoms with Crippen LogP contribution in [0.3, 0.4) is 0 Å². The molecule has 2 aromatic carbocycles. The molecule has 0 aromatic heterocycles. The second kappa shape index (κ2) is 8.82. The maximum absolute atomic E-state index is 12.7. The van der Waals surface area contributed by atoms with Crippen LogP contribution in [0.1, 0.15) is 22.3 Å². The molecule has 7 heteroatoms. The molecule has 0 heterocycles. The number of carbonyl (C=O) groups excluding carboxylic acids is 1. The number of nitrogens with zero attached hydrogens (tertiary/aromatic N) is 1. The summed E-state index contributed by atoms with van der Waals surface area (Å²) >= 11 is 0. The summed E-state index contributed by atoms with van der Waals surface area (Å²) in [6.07, 6.45) is 0.734. The Kier molecular flexibility index (Phi) is 6.76. The number of hydrogen-bond donors (Lipinski definition) is 1. The van der Waals surface area contributed by atoms with Gasteiger partial charge >= 0.3 is 0 Å². The standard InChI is InChI=1S/C19H24N2O4S/c1-15-5-11-18(12-6-15)26(23,24)21(2)17-9-7-16(8-10-17)19(22)20-13-4-14-25-3/h5-12H,4,13-14H2,1-3H3,(H,20,22). The molecule has 0 aliphatic rings. The summed E-state index contributed by atoms with van der Waals surface area (Å²) in [7, 11) is -0.536. The topological polar surface area (TPSA) is 75.7 Å². The van der Waals surface area contributed by atoms with E-state index < -0.39 is 10.0 Å². The van der Waals surface area contributed by atoms with Crippen LogP contribution in [0.25, 0.3) is 0 Å². The first kappa shape index (κ1) is 19.9. The van der Waals surface area contributed by atoms with Crippen LogP contribution in [-0.2, 0) is 14.8 Å². The first-order valence-electron chi connectivity index (χ1n) is 8.29. The van der Waals surface area contributed by atoms with Gasteiger partial charge in [-0.05, 0) is 49.7 Å². The van der Waals surface area contributed by atoms with E-state index >= 15 is 0 Å². The smallest absolute Gasteiger partial charge is 0.264 e. The van der Waals surface area contributed by atoms with Gasteiger partial charge in [0.15, 0.2) is 0 Å². The fourth-order valence-corrected chi connectivity index (χ4v) is 3.55. The van der Waals surface area contributed by atoms with Gasteiger partial charge in [-0.15, -0.1) is 0 Å². The number of anilines is 1. The van der Waals surface area contributed by atoms with Crippen molar-refractivity contribution in [2.75, 3.05) is 31.6 Å². The van der Waals surface area contributed by atoms with Crippen LogP contribution < -0.4 is 9.62 Å². The normalized spacial score (nSPS) is 11.2. The van der Waals surface area contributed by atoms with Crippen LogP contribution in [0.15, 0.2) is 53.4 Å². The molecule has 2 rings (SSSR count). The average Bonchev–Trinajstić information content (AvgIpc) is 2.65. The molecule has 0 aliphatic heterocycles. The van der Waals surface area contributed by atoms with E-state index in [0.29, 0.717) is 24.4 Å². The monoisotopic (exact) mass is 376 g/mol. The van der Waals surface area contributed by atoms with Gasteiger partial charge in [0.2, 0.25) is 0 Å². The Balaban J connectivity index is 2.09. The second-order valence-corrected chi connectivity index (χ2v) is 7.90. The van der Waals surface area contributed by atoms with Crippen LogP contribution in [-0.4, -0.2) is 41.6 Å². The van der Waals surface area contributed by atoms with Gasteiger partial charge in [-0.1, -0.05) is 17.7 Å². The summed E-state index contributed by atoms with van der Waals surface area (Å²) in [5.74, 6) is -0.198. The lowest BCUT2D eigenvalue weighted by atomic mass is 10.2. The van der Waals surface area contributed by atoms with Gasteiger partial charge in [-0.2, -0.15) is 0 Å². The summed E-state index contributed by atoms with van der Waals surface area (Å²) in [5.41, 5.74) is 1.96. The van der Waals surface area contributed by atoms with Crippen molar-refractivity contribution in [3.63, 3.8) is 0 Å². The van der Waals surface area contributed by atoms with E-state index in [9.17, 15) is 13.2 Å². The molecular formula is C19H24N2O4S. The zero-order valence-electron chi connectivity index (χ0n) is 15.2. The molecule has 140 valence electrons. The van der Waals surface area contributed by atoms with Crippen LogP contribution in [0.4, 0.5) is 5.69 Å². The molecule has 6 nitrogen and oxygen atoms in total. The molecule has 0 saturated carbocycles. The fourth-order valence-electron chi connectivity index (χ4n) is 2.35. The summed E-state index contributed by atoms with van der Waals surface area (Å²) in [4.78, 5) is 12.3. The van der Waals surface area contributed by atoms with Crippen molar-refractivity contribution in [1.29, 1.82) is 0 Å². The first-order valence-corrected chi connectivity index (χ1v) is 9.73. The number of rotatable bonds is 8. The lowest BCUT2D eigenvalue weighted by Gasteiger charge is -2.20. The fraction of sp³-hybridized carbons (Fsp3) is 0.316. The van der Waals surface area contributed by atoms with Gasteiger partial charge in [-0.3, -0.25) is 9.10 Å². The minimum atomic E-state index is -3.64. The number of ether oxygens (including phenoxy) is 1. The van der Waals surface area contributed by atoms with E-state index in [1.807, 2.05) is 6.92 Å². The third kappa shape index (κ3) is 4.83. The molecule has 0 radical (unpaired) electrons. The molecule has 1 N–H and O–H groups in total. The zero-order chi connectivity index (χ0) is 19.2. The Morgan fingerprint density at radius 3 is 2.27 bits per heavy atom. The van der Waals surface area contributed by atoms with Crippen molar-refractivity contribution in [1.82, 2.24) is 5.32 Å². The molecule has 1 amide bonds. The van der Waals surface area contributed by atoms with Crippen molar-refractivity contribution in [2.24, 2.45) is 0 Å². The first-order chi connectivity index (χ1) is 12.4. The van der Waals surface area contributed by atoms with Crippen molar-refractivity contribution in [3.8, 4) is 0 Å². The highest BCUT2D eigenvalue weighted by molar-refractivity contribution is 7.92. The number of nitrogens with one attached hydrogen (secondary N) is 1. The summed E-state index contributed by atoms with van der Waals surface area (Å²) in [6, 6.07) is 13.2. The molecule has 2 aromatic rings. The van der Waals surface area contributed by atoms with E-state index in [2.05, 4.69) is 5.32 Å². The number of sulfonamides is 1. The summed E-state index contributed by atoms with van der Waals surface area (Å²) < 4.78 is 31.5. The van der Waals surface area contributed by atoms with Gasteiger partial charge in [-0.25, -0.2) is 8.42 Å². The quantitative estimate of drug-likeness (QED) is 0.719. The molecule has 0 saturated heterocycles. The number of carbonyl (C=O) groups is 1. The minimum absolute atomic E-state index is 0.198. The molecule has 0 atom stereocenters. The van der Waals surface area contributed by atoms with E-state index in [-0.39, 0.29) is 10.8 Å². The Bertz CT molecular complexity index is 831. The van der Waals surface area contributed by atoms with Crippen LogP contribution >= 0.6 is 0 Å². The van der Waals surface area contributed by atoms with Crippen LogP contribution in [0, 0.1) is 6.92 Å². The number of hydrogen-bond acceptors (Lipinski definition) is 4. The Hall–Kier alpha value is -2.38. The lowest BCUT2D eigenvalue weighted by Crippen LogP contribution is -2.27. The Labute approximate surface area is 154 Å². The molecule has 0 unspecified atom stereocenters. The molecule has 0 bridgehead atoms. The zero-order valence-corrected chi connectivity index (χ0v) is 16.0. The van der Waals surface area contributed by atoms with Gasteiger partial charge < -0.3 is 10.1 Å². The Morgan fingerprint density at radius 1 is 1.08 bits per heavy atom. The van der Waals surface area contributed by atoms with E-state index in [4.69, 9.17) is 4.74 Å². The summed E-state index contributed by atoms with van der Waals surface area (Å²) in [6.45, 7) is 3.01. The number of aryl methyl sites for hydroxylation is 1. The predicted molar refractivity (Wildman–Crippen MR) is 102 cm³/mol. The molecule has 0 spiro atoms. The van der Waals surface area contributed by atoms with Crippen LogP contribution in [0.5, 0.6) is 0 Å². The van der Waals surface area contributed by atoms with E-state index in [0.717, 1.165) is 12.0 Å². The highest BCUT2D eigenvalue weighted by atomic mass is 32.2. The number of benzene rings is 2. The maximum atomic E-state index is 12.7. The SMILES string of the molecule is COCCCNC(=O)c1ccc(N(C)S(=O)(=O)c2ccc(C)cc2)cc1. The molecule has 0 aliphatic carbocycles. The molecule has 26 heavy (non-hydrogen) atoms. The largest absolute Gasteiger partial charge is 0.385 e. The number of methoxy groups -OCH3 is 1. The van der Waals surface area contributed by atoms with E-state index in [1.54, 1.807) is 55.6 Å². The molecule has 0 fully saturated rings. The molecular weight excluding hydrogens is 352 g/mol. The van der Waals surface area contributed by atoms with Crippen molar-refractivity contribution >= 4 is 21.6 Å². The highest BCUT2D eigenvalue weighted by Crippen LogP contribution is 2.22. The third-order valence-corrected chi connectivity index (χ3v) is 5.78. The van der Waals surface area contributed by atoms with Gasteiger partial charge in [0.05, 0.1) is 10.6 Å². The van der Waals surface area contributed by atoms with E-state index in [1.165, 1.54) is 11.4 Å². The summed E-state index contributed by atoms with van der Waals surface area (Å²) in [5, 5.41) is 2.79. The minimum Gasteiger partial charge on any atom is -0.385 e.